The SMILES string of the molecule is Cc1ccc(CN(C(=O)CSCc2cccc(C)c2)[C@H](Cc2ccccc2)C(=O)NC2CCCCC2)cc1. The van der Waals surface area contributed by atoms with Crippen LogP contribution in [0, 0.1) is 13.8 Å². The number of hydrogen-bond donors (Lipinski definition) is 1. The maximum atomic E-state index is 13.8. The fourth-order valence-corrected chi connectivity index (χ4v) is 5.99. The van der Waals surface area contributed by atoms with Gasteiger partial charge < -0.3 is 10.2 Å². The number of amides is 2. The molecule has 4 nitrogen and oxygen atoms in total. The zero-order chi connectivity index (χ0) is 26.7. The van der Waals surface area contributed by atoms with E-state index in [1.165, 1.54) is 23.1 Å². The first kappa shape index (κ1) is 28.0. The zero-order valence-electron chi connectivity index (χ0n) is 22.7. The van der Waals surface area contributed by atoms with Crippen LogP contribution in [0.5, 0.6) is 0 Å². The molecule has 1 fully saturated rings. The summed E-state index contributed by atoms with van der Waals surface area (Å²) in [5, 5.41) is 3.32. The van der Waals surface area contributed by atoms with Crippen molar-refractivity contribution in [2.75, 3.05) is 5.75 Å². The highest BCUT2D eigenvalue weighted by Crippen LogP contribution is 2.21. The second-order valence-corrected chi connectivity index (χ2v) is 11.5. The fourth-order valence-electron chi connectivity index (χ4n) is 5.13. The molecule has 0 radical (unpaired) electrons. The van der Waals surface area contributed by atoms with Crippen molar-refractivity contribution < 1.29 is 9.59 Å². The molecule has 1 atom stereocenters. The van der Waals surface area contributed by atoms with E-state index in [9.17, 15) is 9.59 Å². The van der Waals surface area contributed by atoms with Crippen molar-refractivity contribution in [3.63, 3.8) is 0 Å². The van der Waals surface area contributed by atoms with Crippen molar-refractivity contribution in [2.45, 2.75) is 76.8 Å². The van der Waals surface area contributed by atoms with Crippen molar-refractivity contribution in [2.24, 2.45) is 0 Å². The lowest BCUT2D eigenvalue weighted by Crippen LogP contribution is -2.53. The van der Waals surface area contributed by atoms with Gasteiger partial charge in [-0.3, -0.25) is 9.59 Å². The highest BCUT2D eigenvalue weighted by molar-refractivity contribution is 7.99. The van der Waals surface area contributed by atoms with Crippen LogP contribution in [-0.2, 0) is 28.3 Å². The zero-order valence-corrected chi connectivity index (χ0v) is 23.5. The molecule has 200 valence electrons. The van der Waals surface area contributed by atoms with E-state index in [-0.39, 0.29) is 17.9 Å². The molecule has 0 unspecified atom stereocenters. The van der Waals surface area contributed by atoms with Gasteiger partial charge in [-0.1, -0.05) is 109 Å². The number of nitrogens with zero attached hydrogens (tertiary/aromatic N) is 1. The number of thioether (sulfide) groups is 1. The van der Waals surface area contributed by atoms with Crippen molar-refractivity contribution in [3.05, 3.63) is 107 Å². The Labute approximate surface area is 232 Å². The van der Waals surface area contributed by atoms with Crippen LogP contribution in [0.4, 0.5) is 0 Å². The predicted octanol–water partition coefficient (Wildman–Crippen LogP) is 6.63. The third kappa shape index (κ3) is 8.49. The Balaban J connectivity index is 1.56. The Hall–Kier alpha value is -3.05. The van der Waals surface area contributed by atoms with Crippen LogP contribution in [0.15, 0.2) is 78.9 Å². The Morgan fingerprint density at radius 3 is 2.26 bits per heavy atom. The summed E-state index contributed by atoms with van der Waals surface area (Å²) in [6, 6.07) is 26.4. The summed E-state index contributed by atoms with van der Waals surface area (Å²) in [7, 11) is 0. The Morgan fingerprint density at radius 2 is 1.55 bits per heavy atom. The van der Waals surface area contributed by atoms with Gasteiger partial charge in [-0.25, -0.2) is 0 Å². The third-order valence-corrected chi connectivity index (χ3v) is 8.26. The molecule has 3 aromatic carbocycles. The lowest BCUT2D eigenvalue weighted by atomic mass is 9.94. The van der Waals surface area contributed by atoms with Crippen LogP contribution in [-0.4, -0.2) is 34.6 Å². The van der Waals surface area contributed by atoms with Gasteiger partial charge in [-0.15, -0.1) is 11.8 Å². The summed E-state index contributed by atoms with van der Waals surface area (Å²) in [5.41, 5.74) is 5.71. The first-order valence-electron chi connectivity index (χ1n) is 13.8. The van der Waals surface area contributed by atoms with E-state index >= 15 is 0 Å². The molecule has 0 saturated heterocycles. The van der Waals surface area contributed by atoms with Gasteiger partial charge in [-0.2, -0.15) is 0 Å². The van der Waals surface area contributed by atoms with Gasteiger partial charge in [0.05, 0.1) is 5.75 Å². The second-order valence-electron chi connectivity index (χ2n) is 10.5. The molecule has 0 heterocycles. The Morgan fingerprint density at radius 1 is 0.842 bits per heavy atom. The van der Waals surface area contributed by atoms with Gasteiger partial charge in [0, 0.05) is 24.8 Å². The molecule has 3 aromatic rings. The van der Waals surface area contributed by atoms with Gasteiger partial charge >= 0.3 is 0 Å². The summed E-state index contributed by atoms with van der Waals surface area (Å²) in [5.74, 6) is 1.07. The highest BCUT2D eigenvalue weighted by atomic mass is 32.2. The average molecular weight is 529 g/mol. The molecule has 1 saturated carbocycles. The molecule has 0 spiro atoms. The normalized spacial score (nSPS) is 14.6. The Kier molecular flexibility index (Phi) is 10.5. The van der Waals surface area contributed by atoms with Gasteiger partial charge in [0.1, 0.15) is 6.04 Å². The molecule has 1 aliphatic carbocycles. The molecule has 0 aliphatic heterocycles. The van der Waals surface area contributed by atoms with Crippen molar-refractivity contribution >= 4 is 23.6 Å². The van der Waals surface area contributed by atoms with E-state index in [0.29, 0.717) is 18.7 Å². The van der Waals surface area contributed by atoms with Crippen LogP contribution in [0.25, 0.3) is 0 Å². The molecule has 1 aliphatic rings. The molecule has 0 aromatic heterocycles. The number of aryl methyl sites for hydroxylation is 2. The van der Waals surface area contributed by atoms with Crippen molar-refractivity contribution in [3.8, 4) is 0 Å². The Bertz CT molecular complexity index is 1170. The van der Waals surface area contributed by atoms with E-state index in [1.807, 2.05) is 35.2 Å². The topological polar surface area (TPSA) is 49.4 Å². The average Bonchev–Trinajstić information content (AvgIpc) is 2.93. The predicted molar refractivity (Wildman–Crippen MR) is 158 cm³/mol. The maximum Gasteiger partial charge on any atom is 0.243 e. The number of carbonyl (C=O) groups is 2. The minimum absolute atomic E-state index is 0.00273. The summed E-state index contributed by atoms with van der Waals surface area (Å²) in [6.45, 7) is 4.56. The minimum Gasteiger partial charge on any atom is -0.352 e. The minimum atomic E-state index is -0.562. The lowest BCUT2D eigenvalue weighted by molar-refractivity contribution is -0.139. The molecule has 1 N–H and O–H groups in total. The summed E-state index contributed by atoms with van der Waals surface area (Å²) >= 11 is 1.61. The number of hydrogen-bond acceptors (Lipinski definition) is 3. The van der Waals surface area contributed by atoms with Crippen LogP contribution in [0.2, 0.25) is 0 Å². The smallest absolute Gasteiger partial charge is 0.243 e. The molecule has 4 rings (SSSR count). The van der Waals surface area contributed by atoms with Crippen molar-refractivity contribution in [1.29, 1.82) is 0 Å². The molecule has 2 amide bonds. The van der Waals surface area contributed by atoms with E-state index in [4.69, 9.17) is 0 Å². The lowest BCUT2D eigenvalue weighted by Gasteiger charge is -2.33. The monoisotopic (exact) mass is 528 g/mol. The van der Waals surface area contributed by atoms with Crippen LogP contribution in [0.1, 0.15) is 59.9 Å². The molecule has 5 heteroatoms. The first-order valence-corrected chi connectivity index (χ1v) is 15.0. The summed E-state index contributed by atoms with van der Waals surface area (Å²) in [6.07, 6.45) is 6.06. The number of nitrogens with one attached hydrogen (secondary N) is 1. The fraction of sp³-hybridized carbons (Fsp3) is 0.394. The van der Waals surface area contributed by atoms with E-state index in [2.05, 4.69) is 67.7 Å². The quantitative estimate of drug-likeness (QED) is 0.304. The standard InChI is InChI=1S/C33H40N2O2S/c1-25-16-18-28(19-17-25)22-35(32(36)24-38-23-29-13-9-10-26(2)20-29)31(21-27-11-5-3-6-12-27)33(37)34-30-14-7-4-8-15-30/h3,5-6,9-13,16-20,30-31H,4,7-8,14-15,21-24H2,1-2H3,(H,34,37)/t31-/m1/s1. The maximum absolute atomic E-state index is 13.8. The van der Waals surface area contributed by atoms with E-state index < -0.39 is 6.04 Å². The largest absolute Gasteiger partial charge is 0.352 e. The van der Waals surface area contributed by atoms with Crippen molar-refractivity contribution in [1.82, 2.24) is 10.2 Å². The molecule has 38 heavy (non-hydrogen) atoms. The molecular weight excluding hydrogens is 488 g/mol. The second kappa shape index (κ2) is 14.2. The number of carbonyl (C=O) groups excluding carboxylic acids is 2. The molecular formula is C33H40N2O2S. The van der Waals surface area contributed by atoms with E-state index in [0.717, 1.165) is 42.6 Å². The molecule has 0 bridgehead atoms. The van der Waals surface area contributed by atoms with Crippen LogP contribution >= 0.6 is 11.8 Å². The van der Waals surface area contributed by atoms with Gasteiger partial charge in [0.2, 0.25) is 11.8 Å². The summed E-state index contributed by atoms with van der Waals surface area (Å²) in [4.78, 5) is 29.5. The van der Waals surface area contributed by atoms with Gasteiger partial charge in [0.15, 0.2) is 0 Å². The highest BCUT2D eigenvalue weighted by Gasteiger charge is 2.31. The van der Waals surface area contributed by atoms with Crippen LogP contribution < -0.4 is 5.32 Å². The van der Waals surface area contributed by atoms with Crippen LogP contribution in [0.3, 0.4) is 0 Å². The van der Waals surface area contributed by atoms with Gasteiger partial charge in [0.25, 0.3) is 0 Å². The van der Waals surface area contributed by atoms with E-state index in [1.54, 1.807) is 11.8 Å². The number of benzene rings is 3. The third-order valence-electron chi connectivity index (χ3n) is 7.27. The summed E-state index contributed by atoms with van der Waals surface area (Å²) < 4.78 is 0. The first-order chi connectivity index (χ1) is 18.5. The van der Waals surface area contributed by atoms with Gasteiger partial charge in [-0.05, 0) is 43.4 Å². The number of rotatable bonds is 11.